The molecular formula is C11H16N2O5S. The molecule has 106 valence electrons. The highest BCUT2D eigenvalue weighted by Crippen LogP contribution is 2.36. The highest BCUT2D eigenvalue weighted by Gasteiger charge is 2.52. The monoisotopic (exact) mass is 288 g/mol. The van der Waals surface area contributed by atoms with Crippen LogP contribution in [0.1, 0.15) is 25.7 Å². The highest BCUT2D eigenvalue weighted by molar-refractivity contribution is 7.96. The number of rotatable bonds is 3. The number of carbonyl (C=O) groups is 1. The zero-order valence-electron chi connectivity index (χ0n) is 10.4. The van der Waals surface area contributed by atoms with Crippen molar-refractivity contribution in [2.24, 2.45) is 11.1 Å². The molecule has 0 amide bonds. The molecule has 0 aromatic carbocycles. The number of fused-ring (bicyclic) bond motifs is 1. The lowest BCUT2D eigenvalue weighted by Gasteiger charge is -2.28. The van der Waals surface area contributed by atoms with E-state index in [9.17, 15) is 13.6 Å². The summed E-state index contributed by atoms with van der Waals surface area (Å²) >= 11 is 0. The second-order valence-electron chi connectivity index (χ2n) is 5.30. The Kier molecular flexibility index (Phi) is 3.11. The SMILES string of the molecule is O=C(O)C1=NOC2CN([S+](=O)([O-])C3CCCC3)CC12. The first-order valence-electron chi connectivity index (χ1n) is 6.46. The summed E-state index contributed by atoms with van der Waals surface area (Å²) in [7, 11) is -3.32. The molecule has 1 saturated heterocycles. The lowest BCUT2D eigenvalue weighted by Crippen LogP contribution is -2.42. The fraction of sp³-hybridized carbons (Fsp3) is 0.818. The number of carboxylic acids is 1. The van der Waals surface area contributed by atoms with Crippen LogP contribution >= 0.6 is 0 Å². The summed E-state index contributed by atoms with van der Waals surface area (Å²) in [5, 5.41) is 12.2. The molecule has 3 atom stereocenters. The molecule has 3 unspecified atom stereocenters. The van der Waals surface area contributed by atoms with Crippen LogP contribution in [0, 0.1) is 5.92 Å². The van der Waals surface area contributed by atoms with Gasteiger partial charge < -0.3 is 14.5 Å². The van der Waals surface area contributed by atoms with Gasteiger partial charge in [-0.15, -0.1) is 4.31 Å². The number of carboxylic acid groups (broad SMARTS) is 1. The van der Waals surface area contributed by atoms with Gasteiger partial charge in [0.2, 0.25) is 0 Å². The van der Waals surface area contributed by atoms with Crippen molar-refractivity contribution in [1.82, 2.24) is 4.31 Å². The molecule has 2 aliphatic heterocycles. The summed E-state index contributed by atoms with van der Waals surface area (Å²) in [6.07, 6.45) is 2.86. The van der Waals surface area contributed by atoms with Crippen molar-refractivity contribution in [3.05, 3.63) is 0 Å². The summed E-state index contributed by atoms with van der Waals surface area (Å²) < 4.78 is 26.2. The number of hydrogen-bond acceptors (Lipinski definition) is 5. The van der Waals surface area contributed by atoms with Gasteiger partial charge in [0.25, 0.3) is 0 Å². The van der Waals surface area contributed by atoms with Crippen LogP contribution < -0.4 is 0 Å². The molecule has 0 bridgehead atoms. The second kappa shape index (κ2) is 4.53. The molecule has 0 aromatic heterocycles. The van der Waals surface area contributed by atoms with Crippen LogP contribution in [0.2, 0.25) is 0 Å². The summed E-state index contributed by atoms with van der Waals surface area (Å²) in [6.45, 7) is 0.387. The van der Waals surface area contributed by atoms with Crippen molar-refractivity contribution in [2.45, 2.75) is 37.0 Å². The van der Waals surface area contributed by atoms with Gasteiger partial charge in [0.1, 0.15) is 15.6 Å². The van der Waals surface area contributed by atoms with Crippen molar-refractivity contribution >= 4 is 22.1 Å². The first-order valence-corrected chi connectivity index (χ1v) is 7.96. The Balaban J connectivity index is 1.74. The van der Waals surface area contributed by atoms with Crippen molar-refractivity contribution in [3.63, 3.8) is 0 Å². The van der Waals surface area contributed by atoms with E-state index in [4.69, 9.17) is 9.94 Å². The second-order valence-corrected chi connectivity index (χ2v) is 7.51. The molecular weight excluding hydrogens is 272 g/mol. The van der Waals surface area contributed by atoms with Crippen LogP contribution in [-0.2, 0) is 24.2 Å². The number of oxime groups is 1. The fourth-order valence-electron chi connectivity index (χ4n) is 3.10. The standard InChI is InChI=1S/C11H16N2O5S/c14-11(15)10-8-5-13(6-9(8)18-12-10)19(16,17)7-3-1-2-4-7/h7-9H,1-6H2,(H-,14,15,16,17). The third-order valence-corrected chi connectivity index (χ3v) is 6.50. The van der Waals surface area contributed by atoms with Crippen molar-refractivity contribution in [2.75, 3.05) is 13.1 Å². The lowest BCUT2D eigenvalue weighted by molar-refractivity contribution is -0.129. The Morgan fingerprint density at radius 1 is 1.42 bits per heavy atom. The van der Waals surface area contributed by atoms with E-state index in [1.54, 1.807) is 0 Å². The van der Waals surface area contributed by atoms with Gasteiger partial charge in [0.15, 0.2) is 11.8 Å². The Morgan fingerprint density at radius 2 is 2.11 bits per heavy atom. The maximum Gasteiger partial charge on any atom is 0.354 e. The van der Waals surface area contributed by atoms with Crippen LogP contribution in [0.3, 0.4) is 0 Å². The molecule has 0 aromatic rings. The van der Waals surface area contributed by atoms with Gasteiger partial charge in [0, 0.05) is 0 Å². The average molecular weight is 288 g/mol. The molecule has 7 nitrogen and oxygen atoms in total. The number of sulfonamides is 1. The molecule has 3 rings (SSSR count). The van der Waals surface area contributed by atoms with Gasteiger partial charge in [-0.1, -0.05) is 9.36 Å². The minimum Gasteiger partial charge on any atom is -0.597 e. The van der Waals surface area contributed by atoms with Gasteiger partial charge in [-0.05, 0) is 25.7 Å². The summed E-state index contributed by atoms with van der Waals surface area (Å²) in [4.78, 5) is 16.0. The van der Waals surface area contributed by atoms with E-state index in [2.05, 4.69) is 5.16 Å². The topological polar surface area (TPSA) is 102 Å². The molecule has 1 saturated carbocycles. The van der Waals surface area contributed by atoms with E-state index in [1.165, 1.54) is 4.31 Å². The predicted octanol–water partition coefficient (Wildman–Crippen LogP) is 0.245. The van der Waals surface area contributed by atoms with Crippen LogP contribution in [0.5, 0.6) is 0 Å². The van der Waals surface area contributed by atoms with Crippen molar-refractivity contribution in [1.29, 1.82) is 0 Å². The van der Waals surface area contributed by atoms with E-state index in [-0.39, 0.29) is 24.1 Å². The maximum atomic E-state index is 12.4. The van der Waals surface area contributed by atoms with Gasteiger partial charge in [0.05, 0.1) is 19.0 Å². The van der Waals surface area contributed by atoms with Gasteiger partial charge >= 0.3 is 5.97 Å². The molecule has 3 aliphatic rings. The van der Waals surface area contributed by atoms with E-state index >= 15 is 0 Å². The van der Waals surface area contributed by atoms with Gasteiger partial charge in [-0.3, -0.25) is 0 Å². The zero-order valence-corrected chi connectivity index (χ0v) is 11.2. The lowest BCUT2D eigenvalue weighted by atomic mass is 10.0. The van der Waals surface area contributed by atoms with Crippen molar-refractivity contribution < 1.29 is 23.5 Å². The maximum absolute atomic E-state index is 12.4. The van der Waals surface area contributed by atoms with Crippen LogP contribution in [-0.4, -0.2) is 50.1 Å². The van der Waals surface area contributed by atoms with Crippen LogP contribution in [0.25, 0.3) is 0 Å². The molecule has 1 aliphatic carbocycles. The molecule has 2 heterocycles. The first-order chi connectivity index (χ1) is 9.00. The number of hydrogen-bond donors (Lipinski definition) is 1. The number of aliphatic carboxylic acids is 1. The fourth-order valence-corrected chi connectivity index (χ4v) is 5.18. The summed E-state index contributed by atoms with van der Waals surface area (Å²) in [5.41, 5.74) is -0.0610. The first kappa shape index (κ1) is 13.0. The predicted molar refractivity (Wildman–Crippen MR) is 66.1 cm³/mol. The molecule has 1 N–H and O–H groups in total. The van der Waals surface area contributed by atoms with Crippen LogP contribution in [0.15, 0.2) is 5.16 Å². The molecule has 19 heavy (non-hydrogen) atoms. The quantitative estimate of drug-likeness (QED) is 0.750. The molecule has 0 radical (unpaired) electrons. The molecule has 0 spiro atoms. The van der Waals surface area contributed by atoms with E-state index in [1.807, 2.05) is 0 Å². The Bertz CT molecular complexity index is 474. The molecule has 8 heteroatoms. The summed E-state index contributed by atoms with van der Waals surface area (Å²) in [6, 6.07) is 0. The largest absolute Gasteiger partial charge is 0.597 e. The Morgan fingerprint density at radius 3 is 2.74 bits per heavy atom. The minimum atomic E-state index is -3.32. The highest BCUT2D eigenvalue weighted by atomic mass is 32.3. The third kappa shape index (κ3) is 2.07. The molecule has 2 fully saturated rings. The van der Waals surface area contributed by atoms with E-state index in [0.717, 1.165) is 12.8 Å². The van der Waals surface area contributed by atoms with Gasteiger partial charge in [-0.2, -0.15) is 0 Å². The minimum absolute atomic E-state index is 0.0610. The van der Waals surface area contributed by atoms with E-state index < -0.39 is 28.4 Å². The third-order valence-electron chi connectivity index (χ3n) is 4.17. The normalized spacial score (nSPS) is 34.7. The van der Waals surface area contributed by atoms with E-state index in [0.29, 0.717) is 12.8 Å². The van der Waals surface area contributed by atoms with Gasteiger partial charge in [-0.25, -0.2) is 4.79 Å². The Hall–Kier alpha value is -0.990. The zero-order chi connectivity index (χ0) is 13.6. The average Bonchev–Trinajstić information content (AvgIpc) is 3.05. The van der Waals surface area contributed by atoms with Crippen molar-refractivity contribution in [3.8, 4) is 0 Å². The summed E-state index contributed by atoms with van der Waals surface area (Å²) in [5.74, 6) is -1.57. The Labute approximate surface area is 112 Å². The van der Waals surface area contributed by atoms with Crippen LogP contribution in [0.4, 0.5) is 0 Å². The smallest absolute Gasteiger partial charge is 0.354 e. The number of nitrogens with zero attached hydrogens (tertiary/aromatic N) is 2.